The van der Waals surface area contributed by atoms with Gasteiger partial charge in [-0.15, -0.1) is 0 Å². The van der Waals surface area contributed by atoms with Gasteiger partial charge in [-0.25, -0.2) is 0 Å². The summed E-state index contributed by atoms with van der Waals surface area (Å²) in [7, 11) is 1.47. The predicted octanol–water partition coefficient (Wildman–Crippen LogP) is -0.566. The molecule has 2 N–H and O–H groups in total. The van der Waals surface area contributed by atoms with Crippen molar-refractivity contribution in [3.63, 3.8) is 0 Å². The zero-order valence-electron chi connectivity index (χ0n) is 5.70. The van der Waals surface area contributed by atoms with Gasteiger partial charge in [-0.2, -0.15) is 0 Å². The van der Waals surface area contributed by atoms with Crippen molar-refractivity contribution < 1.29 is 36.0 Å². The molecule has 4 heteroatoms. The van der Waals surface area contributed by atoms with E-state index in [1.807, 2.05) is 0 Å². The SMILES string of the molecule is COCC(O)CO.[CH3-].[W]. The van der Waals surface area contributed by atoms with E-state index in [4.69, 9.17) is 10.2 Å². The largest absolute Gasteiger partial charge is 0.394 e. The molecule has 0 aromatic heterocycles. The van der Waals surface area contributed by atoms with Crippen LogP contribution in [-0.2, 0) is 25.8 Å². The molecule has 0 radical (unpaired) electrons. The van der Waals surface area contributed by atoms with E-state index in [9.17, 15) is 0 Å². The van der Waals surface area contributed by atoms with Crippen molar-refractivity contribution in [3.05, 3.63) is 7.43 Å². The predicted molar refractivity (Wildman–Crippen MR) is 31.4 cm³/mol. The Hall–Kier alpha value is 0.568. The maximum absolute atomic E-state index is 8.48. The molecule has 0 aliphatic heterocycles. The second-order valence-corrected chi connectivity index (χ2v) is 1.29. The second-order valence-electron chi connectivity index (χ2n) is 1.29. The Balaban J connectivity index is -0.000000180. The fraction of sp³-hybridized carbons (Fsp3) is 0.800. The van der Waals surface area contributed by atoms with Crippen molar-refractivity contribution in [2.45, 2.75) is 6.10 Å². The third-order valence-corrected chi connectivity index (χ3v) is 0.570. The molecule has 0 aliphatic rings. The molecule has 1 unspecified atom stereocenters. The number of rotatable bonds is 3. The van der Waals surface area contributed by atoms with Gasteiger partial charge in [0.2, 0.25) is 0 Å². The molecule has 0 saturated heterocycles. The third-order valence-electron chi connectivity index (χ3n) is 0.570. The van der Waals surface area contributed by atoms with E-state index < -0.39 is 6.10 Å². The van der Waals surface area contributed by atoms with Crippen LogP contribution >= 0.6 is 0 Å². The third kappa shape index (κ3) is 11.9. The molecule has 1 atom stereocenters. The van der Waals surface area contributed by atoms with Gasteiger partial charge in [-0.3, -0.25) is 0 Å². The summed E-state index contributed by atoms with van der Waals surface area (Å²) in [6.45, 7) is -0.0235. The maximum Gasteiger partial charge on any atom is 0.100 e. The molecule has 9 heavy (non-hydrogen) atoms. The number of hydrogen-bond acceptors (Lipinski definition) is 3. The molecule has 58 valence electrons. The molecule has 0 bridgehead atoms. The summed E-state index contributed by atoms with van der Waals surface area (Å²) in [5, 5.41) is 16.6. The first kappa shape index (κ1) is 16.3. The van der Waals surface area contributed by atoms with Crippen LogP contribution in [-0.4, -0.2) is 36.6 Å². The zero-order valence-corrected chi connectivity index (χ0v) is 8.64. The topological polar surface area (TPSA) is 49.7 Å². The number of methoxy groups -OCH3 is 1. The van der Waals surface area contributed by atoms with Crippen LogP contribution in [0.4, 0.5) is 0 Å². The van der Waals surface area contributed by atoms with Crippen molar-refractivity contribution in [2.24, 2.45) is 0 Å². The van der Waals surface area contributed by atoms with Crippen LogP contribution in [0.5, 0.6) is 0 Å². The Morgan fingerprint density at radius 3 is 2.11 bits per heavy atom. The summed E-state index contributed by atoms with van der Waals surface area (Å²) in [4.78, 5) is 0. The average molecular weight is 305 g/mol. The van der Waals surface area contributed by atoms with E-state index in [0.29, 0.717) is 0 Å². The van der Waals surface area contributed by atoms with E-state index in [-0.39, 0.29) is 41.7 Å². The monoisotopic (exact) mass is 305 g/mol. The van der Waals surface area contributed by atoms with Crippen LogP contribution in [0, 0.1) is 7.43 Å². The van der Waals surface area contributed by atoms with Crippen LogP contribution in [0.2, 0.25) is 0 Å². The number of ether oxygens (including phenoxy) is 1. The van der Waals surface area contributed by atoms with Crippen LogP contribution < -0.4 is 0 Å². The Labute approximate surface area is 70.3 Å². The first-order valence-corrected chi connectivity index (χ1v) is 2.09. The zero-order chi connectivity index (χ0) is 5.70. The first-order chi connectivity index (χ1) is 3.31. The molecular weight excluding hydrogens is 292 g/mol. The summed E-state index contributed by atoms with van der Waals surface area (Å²) >= 11 is 0. The van der Waals surface area contributed by atoms with Gasteiger partial charge in [-0.05, 0) is 0 Å². The summed E-state index contributed by atoms with van der Waals surface area (Å²) < 4.78 is 4.48. The van der Waals surface area contributed by atoms with Crippen molar-refractivity contribution in [3.8, 4) is 0 Å². The molecule has 0 rings (SSSR count). The molecule has 0 aromatic carbocycles. The van der Waals surface area contributed by atoms with E-state index in [2.05, 4.69) is 4.74 Å². The van der Waals surface area contributed by atoms with E-state index in [1.54, 1.807) is 0 Å². The van der Waals surface area contributed by atoms with Crippen LogP contribution in [0.3, 0.4) is 0 Å². The van der Waals surface area contributed by atoms with Gasteiger partial charge < -0.3 is 22.4 Å². The molecule has 0 spiro atoms. The number of aliphatic hydroxyl groups is 2. The Morgan fingerprint density at radius 1 is 1.56 bits per heavy atom. The fourth-order valence-electron chi connectivity index (χ4n) is 0.245. The van der Waals surface area contributed by atoms with Gasteiger partial charge in [0.05, 0.1) is 13.2 Å². The van der Waals surface area contributed by atoms with Gasteiger partial charge in [-0.1, -0.05) is 0 Å². The molecule has 0 aliphatic carbocycles. The number of aliphatic hydroxyl groups excluding tert-OH is 2. The summed E-state index contributed by atoms with van der Waals surface area (Å²) in [6.07, 6.45) is -0.718. The maximum atomic E-state index is 8.48. The molecule has 0 aromatic rings. The molecule has 3 nitrogen and oxygen atoms in total. The van der Waals surface area contributed by atoms with Crippen molar-refractivity contribution >= 4 is 0 Å². The minimum atomic E-state index is -0.718. The van der Waals surface area contributed by atoms with Crippen molar-refractivity contribution in [2.75, 3.05) is 20.3 Å². The van der Waals surface area contributed by atoms with Gasteiger partial charge in [0.1, 0.15) is 6.10 Å². The molecular formula is C5H13O3W-. The fourth-order valence-corrected chi connectivity index (χ4v) is 0.245. The Kier molecular flexibility index (Phi) is 20.6. The molecule has 0 saturated carbocycles. The van der Waals surface area contributed by atoms with Gasteiger partial charge in [0.15, 0.2) is 0 Å². The van der Waals surface area contributed by atoms with Gasteiger partial charge in [0, 0.05) is 28.2 Å². The molecule has 0 fully saturated rings. The van der Waals surface area contributed by atoms with Crippen LogP contribution in [0.15, 0.2) is 0 Å². The second kappa shape index (κ2) is 11.4. The van der Waals surface area contributed by atoms with E-state index in [1.165, 1.54) is 7.11 Å². The van der Waals surface area contributed by atoms with Gasteiger partial charge in [0.25, 0.3) is 0 Å². The van der Waals surface area contributed by atoms with Gasteiger partial charge >= 0.3 is 0 Å². The Bertz CT molecular complexity index is 43.2. The molecule has 0 heterocycles. The summed E-state index contributed by atoms with van der Waals surface area (Å²) in [6, 6.07) is 0. The van der Waals surface area contributed by atoms with Crippen molar-refractivity contribution in [1.29, 1.82) is 0 Å². The minimum Gasteiger partial charge on any atom is -0.394 e. The number of hydrogen-bond donors (Lipinski definition) is 2. The minimum absolute atomic E-state index is 0. The van der Waals surface area contributed by atoms with E-state index >= 15 is 0 Å². The van der Waals surface area contributed by atoms with E-state index in [0.717, 1.165) is 0 Å². The summed E-state index contributed by atoms with van der Waals surface area (Å²) in [5.74, 6) is 0. The average Bonchev–Trinajstić information content (AvgIpc) is 1.68. The van der Waals surface area contributed by atoms with Crippen molar-refractivity contribution in [1.82, 2.24) is 0 Å². The standard InChI is InChI=1S/C4H10O3.CH3.W/c1-7-3-4(6)2-5;;/h4-6H,2-3H2,1H3;1H3;/q;-1;. The normalized spacial score (nSPS) is 11.0. The molecule has 0 amide bonds. The Morgan fingerprint density at radius 2 is 2.00 bits per heavy atom. The first-order valence-electron chi connectivity index (χ1n) is 2.09. The smallest absolute Gasteiger partial charge is 0.100 e. The summed E-state index contributed by atoms with van der Waals surface area (Å²) in [5.41, 5.74) is 0. The van der Waals surface area contributed by atoms with Crippen LogP contribution in [0.1, 0.15) is 0 Å². The quantitative estimate of drug-likeness (QED) is 0.687. The van der Waals surface area contributed by atoms with Crippen LogP contribution in [0.25, 0.3) is 0 Å².